The number of hydrogen-bond donors (Lipinski definition) is 2. The third kappa shape index (κ3) is 5.48. The zero-order valence-corrected chi connectivity index (χ0v) is 18.2. The molecule has 3 rings (SSSR count). The number of carbonyl (C=O) groups is 2. The average Bonchev–Trinajstić information content (AvgIpc) is 3.07. The zero-order valence-electron chi connectivity index (χ0n) is 18.2. The molecule has 0 aliphatic carbocycles. The van der Waals surface area contributed by atoms with Crippen molar-refractivity contribution in [3.05, 3.63) is 29.3 Å². The number of rotatable bonds is 6. The second kappa shape index (κ2) is 9.59. The third-order valence-corrected chi connectivity index (χ3v) is 5.93. The number of amides is 2. The van der Waals surface area contributed by atoms with E-state index in [1.54, 1.807) is 0 Å². The van der Waals surface area contributed by atoms with E-state index in [-0.39, 0.29) is 6.04 Å². The molecular weight excluding hydrogens is 366 g/mol. The lowest BCUT2D eigenvalue weighted by molar-refractivity contribution is -0.139. The fourth-order valence-electron chi connectivity index (χ4n) is 4.03. The molecule has 7 nitrogen and oxygen atoms in total. The van der Waals surface area contributed by atoms with E-state index in [4.69, 9.17) is 0 Å². The van der Waals surface area contributed by atoms with Crippen LogP contribution in [0.2, 0.25) is 0 Å². The molecule has 0 radical (unpaired) electrons. The first-order valence-corrected chi connectivity index (χ1v) is 10.7. The van der Waals surface area contributed by atoms with Gasteiger partial charge in [0.2, 0.25) is 0 Å². The van der Waals surface area contributed by atoms with Crippen LogP contribution in [0.3, 0.4) is 0 Å². The summed E-state index contributed by atoms with van der Waals surface area (Å²) in [5.41, 5.74) is 3.87. The summed E-state index contributed by atoms with van der Waals surface area (Å²) in [5, 5.41) is 5.57. The summed E-state index contributed by atoms with van der Waals surface area (Å²) in [5.74, 6) is -0.786. The van der Waals surface area contributed by atoms with Gasteiger partial charge in [0.1, 0.15) is 0 Å². The number of benzene rings is 1. The number of nitrogens with one attached hydrogen (secondary N) is 2. The number of nitrogens with zero attached hydrogens (tertiary/aromatic N) is 3. The molecule has 1 saturated heterocycles. The van der Waals surface area contributed by atoms with Gasteiger partial charge in [-0.3, -0.25) is 14.5 Å². The molecule has 1 aromatic rings. The monoisotopic (exact) mass is 401 g/mol. The van der Waals surface area contributed by atoms with Crippen molar-refractivity contribution in [2.45, 2.75) is 26.3 Å². The van der Waals surface area contributed by atoms with Crippen LogP contribution in [0.5, 0.6) is 0 Å². The normalized spacial score (nSPS) is 18.6. The molecule has 0 saturated carbocycles. The van der Waals surface area contributed by atoms with Gasteiger partial charge >= 0.3 is 11.8 Å². The molecule has 160 valence electrons. The third-order valence-electron chi connectivity index (χ3n) is 5.93. The SMILES string of the molecule is CC(C)CNC(=O)C(=O)NC[C@@H](c1ccc2c(c1)CCN2C)N1CCN(C)CC1. The molecule has 0 unspecified atom stereocenters. The number of anilines is 1. The van der Waals surface area contributed by atoms with Crippen LogP contribution in [0.25, 0.3) is 0 Å². The quantitative estimate of drug-likeness (QED) is 0.692. The Balaban J connectivity index is 1.70. The lowest BCUT2D eigenvalue weighted by atomic mass is 10.00. The Morgan fingerprint density at radius 2 is 1.62 bits per heavy atom. The highest BCUT2D eigenvalue weighted by Crippen LogP contribution is 2.31. The van der Waals surface area contributed by atoms with Gasteiger partial charge in [-0.15, -0.1) is 0 Å². The predicted molar refractivity (Wildman–Crippen MR) is 116 cm³/mol. The minimum atomic E-state index is -0.550. The average molecular weight is 402 g/mol. The molecule has 0 spiro atoms. The fourth-order valence-corrected chi connectivity index (χ4v) is 4.03. The van der Waals surface area contributed by atoms with Crippen molar-refractivity contribution in [1.29, 1.82) is 0 Å². The molecule has 2 heterocycles. The lowest BCUT2D eigenvalue weighted by Crippen LogP contribution is -2.50. The van der Waals surface area contributed by atoms with Crippen LogP contribution in [0, 0.1) is 5.92 Å². The maximum absolute atomic E-state index is 12.3. The van der Waals surface area contributed by atoms with E-state index in [1.807, 2.05) is 13.8 Å². The van der Waals surface area contributed by atoms with E-state index < -0.39 is 11.8 Å². The highest BCUT2D eigenvalue weighted by Gasteiger charge is 2.27. The molecule has 7 heteroatoms. The van der Waals surface area contributed by atoms with Gasteiger partial charge in [0.25, 0.3) is 0 Å². The van der Waals surface area contributed by atoms with E-state index in [2.05, 4.69) is 57.6 Å². The topological polar surface area (TPSA) is 67.9 Å². The number of hydrogen-bond acceptors (Lipinski definition) is 5. The molecule has 0 bridgehead atoms. The molecule has 2 amide bonds. The largest absolute Gasteiger partial charge is 0.374 e. The summed E-state index contributed by atoms with van der Waals surface area (Å²) in [6.45, 7) is 9.92. The van der Waals surface area contributed by atoms with Crippen molar-refractivity contribution in [3.8, 4) is 0 Å². The number of carbonyl (C=O) groups excluding carboxylic acids is 2. The molecule has 1 fully saturated rings. The molecule has 2 N–H and O–H groups in total. The first-order chi connectivity index (χ1) is 13.8. The molecule has 29 heavy (non-hydrogen) atoms. The Hall–Kier alpha value is -2.12. The van der Waals surface area contributed by atoms with Crippen LogP contribution >= 0.6 is 0 Å². The van der Waals surface area contributed by atoms with Crippen LogP contribution in [-0.2, 0) is 16.0 Å². The Morgan fingerprint density at radius 3 is 2.28 bits per heavy atom. The zero-order chi connectivity index (χ0) is 21.0. The van der Waals surface area contributed by atoms with Crippen molar-refractivity contribution >= 4 is 17.5 Å². The summed E-state index contributed by atoms with van der Waals surface area (Å²) in [4.78, 5) is 31.4. The van der Waals surface area contributed by atoms with Crippen molar-refractivity contribution < 1.29 is 9.59 Å². The Bertz CT molecular complexity index is 728. The minimum Gasteiger partial charge on any atom is -0.374 e. The molecule has 2 aliphatic rings. The highest BCUT2D eigenvalue weighted by atomic mass is 16.2. The van der Waals surface area contributed by atoms with Gasteiger partial charge in [0.15, 0.2) is 0 Å². The van der Waals surface area contributed by atoms with Gasteiger partial charge in [-0.25, -0.2) is 0 Å². The van der Waals surface area contributed by atoms with Gasteiger partial charge < -0.3 is 20.4 Å². The van der Waals surface area contributed by atoms with E-state index >= 15 is 0 Å². The van der Waals surface area contributed by atoms with Crippen molar-refractivity contribution in [1.82, 2.24) is 20.4 Å². The Morgan fingerprint density at radius 1 is 0.966 bits per heavy atom. The van der Waals surface area contributed by atoms with E-state index in [9.17, 15) is 9.59 Å². The summed E-state index contributed by atoms with van der Waals surface area (Å²) < 4.78 is 0. The van der Waals surface area contributed by atoms with Crippen molar-refractivity contribution in [3.63, 3.8) is 0 Å². The van der Waals surface area contributed by atoms with Gasteiger partial charge in [0.05, 0.1) is 6.04 Å². The summed E-state index contributed by atoms with van der Waals surface area (Å²) >= 11 is 0. The Kier molecular flexibility index (Phi) is 7.14. The van der Waals surface area contributed by atoms with Crippen molar-refractivity contribution in [2.75, 3.05) is 64.8 Å². The van der Waals surface area contributed by atoms with Crippen LogP contribution in [-0.4, -0.2) is 81.5 Å². The van der Waals surface area contributed by atoms with E-state index in [1.165, 1.54) is 16.8 Å². The lowest BCUT2D eigenvalue weighted by Gasteiger charge is -2.38. The molecule has 1 aromatic carbocycles. The molecular formula is C22H35N5O2. The predicted octanol–water partition coefficient (Wildman–Crippen LogP) is 0.856. The second-order valence-corrected chi connectivity index (χ2v) is 8.73. The highest BCUT2D eigenvalue weighted by molar-refractivity contribution is 6.35. The number of likely N-dealkylation sites (N-methyl/N-ethyl adjacent to an activating group) is 2. The number of fused-ring (bicyclic) bond motifs is 1. The molecule has 2 aliphatic heterocycles. The minimum absolute atomic E-state index is 0.0711. The van der Waals surface area contributed by atoms with E-state index in [0.717, 1.165) is 39.1 Å². The molecule has 0 aromatic heterocycles. The van der Waals surface area contributed by atoms with Crippen LogP contribution in [0.1, 0.15) is 31.0 Å². The van der Waals surface area contributed by atoms with Crippen LogP contribution < -0.4 is 15.5 Å². The maximum Gasteiger partial charge on any atom is 0.309 e. The first kappa shape index (κ1) is 21.6. The van der Waals surface area contributed by atoms with Gasteiger partial charge in [-0.05, 0) is 36.6 Å². The van der Waals surface area contributed by atoms with Crippen LogP contribution in [0.4, 0.5) is 5.69 Å². The maximum atomic E-state index is 12.3. The fraction of sp³-hybridized carbons (Fsp3) is 0.636. The van der Waals surface area contributed by atoms with Crippen molar-refractivity contribution in [2.24, 2.45) is 5.92 Å². The smallest absolute Gasteiger partial charge is 0.309 e. The van der Waals surface area contributed by atoms with Gasteiger partial charge in [-0.2, -0.15) is 0 Å². The van der Waals surface area contributed by atoms with Crippen LogP contribution in [0.15, 0.2) is 18.2 Å². The Labute approximate surface area is 174 Å². The standard InChI is InChI=1S/C22H35N5O2/c1-16(2)14-23-21(28)22(29)24-15-20(27-11-9-25(3)10-12-27)17-5-6-19-18(13-17)7-8-26(19)4/h5-6,13,16,20H,7-12,14-15H2,1-4H3,(H,23,28)(H,24,29)/t20-/m0/s1. The van der Waals surface area contributed by atoms with Gasteiger partial charge in [0, 0.05) is 58.5 Å². The summed E-state index contributed by atoms with van der Waals surface area (Å²) in [6.07, 6.45) is 1.05. The summed E-state index contributed by atoms with van der Waals surface area (Å²) in [6, 6.07) is 6.72. The molecule has 1 atom stereocenters. The van der Waals surface area contributed by atoms with E-state index in [0.29, 0.717) is 19.0 Å². The first-order valence-electron chi connectivity index (χ1n) is 10.7. The van der Waals surface area contributed by atoms with Gasteiger partial charge in [-0.1, -0.05) is 26.0 Å². The second-order valence-electron chi connectivity index (χ2n) is 8.73. The summed E-state index contributed by atoms with van der Waals surface area (Å²) in [7, 11) is 4.26. The number of piperazine rings is 1.